The van der Waals surface area contributed by atoms with Gasteiger partial charge >= 0.3 is 0 Å². The summed E-state index contributed by atoms with van der Waals surface area (Å²) < 4.78 is 0. The van der Waals surface area contributed by atoms with Crippen LogP contribution >= 0.6 is 17.0 Å². The molecule has 1 aromatic carbocycles. The lowest BCUT2D eigenvalue weighted by molar-refractivity contribution is -0.315. The number of nitrogens with zero attached hydrogens (tertiary/aromatic N) is 1. The van der Waals surface area contributed by atoms with Crippen LogP contribution in [0.1, 0.15) is 5.56 Å². The van der Waals surface area contributed by atoms with Gasteiger partial charge < -0.3 is 20.2 Å². The third-order valence-electron chi connectivity index (χ3n) is 1.90. The molecular formula is C11H16BrNO3. The molecule has 0 heterocycles. The van der Waals surface area contributed by atoms with Crippen molar-refractivity contribution in [2.45, 2.75) is 12.5 Å². The summed E-state index contributed by atoms with van der Waals surface area (Å²) in [5.41, 5.74) is 1.00. The molecule has 0 aliphatic carbocycles. The van der Waals surface area contributed by atoms with Crippen molar-refractivity contribution < 1.29 is 15.3 Å². The molecule has 3 N–H and O–H groups in total. The van der Waals surface area contributed by atoms with E-state index < -0.39 is 5.97 Å². The molecule has 0 aromatic heterocycles. The van der Waals surface area contributed by atoms with Gasteiger partial charge in [0.2, 0.25) is 0 Å². The molecule has 0 bridgehead atoms. The highest BCUT2D eigenvalue weighted by Crippen LogP contribution is 2.07. The van der Waals surface area contributed by atoms with Gasteiger partial charge in [-0.1, -0.05) is 36.9 Å². The van der Waals surface area contributed by atoms with Gasteiger partial charge in [-0.25, -0.2) is 0 Å². The SMILES string of the molecule is Br.C=CN(Cc1ccccc1)CC(O)(O)O. The highest BCUT2D eigenvalue weighted by molar-refractivity contribution is 8.93. The van der Waals surface area contributed by atoms with E-state index >= 15 is 0 Å². The van der Waals surface area contributed by atoms with E-state index in [1.54, 1.807) is 0 Å². The Morgan fingerprint density at radius 2 is 1.75 bits per heavy atom. The zero-order valence-corrected chi connectivity index (χ0v) is 10.5. The van der Waals surface area contributed by atoms with Crippen LogP contribution in [0.5, 0.6) is 0 Å². The molecule has 0 atom stereocenters. The molecule has 0 fully saturated rings. The van der Waals surface area contributed by atoms with Crippen LogP contribution in [0.15, 0.2) is 43.1 Å². The van der Waals surface area contributed by atoms with Gasteiger partial charge in [-0.15, -0.1) is 17.0 Å². The molecule has 0 aliphatic heterocycles. The first-order chi connectivity index (χ1) is 7.01. The smallest absolute Gasteiger partial charge is 0.293 e. The van der Waals surface area contributed by atoms with Crippen LogP contribution < -0.4 is 0 Å². The summed E-state index contributed by atoms with van der Waals surface area (Å²) in [5.74, 6) is -2.69. The number of halogens is 1. The maximum atomic E-state index is 8.82. The number of benzene rings is 1. The molecule has 16 heavy (non-hydrogen) atoms. The largest absolute Gasteiger partial charge is 0.366 e. The molecule has 1 aromatic rings. The summed E-state index contributed by atoms with van der Waals surface area (Å²) in [6.07, 6.45) is 1.45. The Bertz CT molecular complexity index is 311. The third kappa shape index (κ3) is 5.87. The van der Waals surface area contributed by atoms with Gasteiger partial charge in [0.1, 0.15) is 0 Å². The van der Waals surface area contributed by atoms with Crippen molar-refractivity contribution in [1.82, 2.24) is 4.90 Å². The fraction of sp³-hybridized carbons (Fsp3) is 0.273. The summed E-state index contributed by atoms with van der Waals surface area (Å²) in [5, 5.41) is 26.5. The topological polar surface area (TPSA) is 63.9 Å². The molecule has 0 aliphatic rings. The molecule has 0 amide bonds. The Hall–Kier alpha value is -0.880. The van der Waals surface area contributed by atoms with Crippen molar-refractivity contribution in [3.8, 4) is 0 Å². The van der Waals surface area contributed by atoms with Gasteiger partial charge in [-0.05, 0) is 11.8 Å². The van der Waals surface area contributed by atoms with E-state index in [9.17, 15) is 0 Å². The van der Waals surface area contributed by atoms with E-state index in [0.717, 1.165) is 5.56 Å². The van der Waals surface area contributed by atoms with E-state index in [4.69, 9.17) is 15.3 Å². The minimum absolute atomic E-state index is 0. The minimum atomic E-state index is -2.69. The van der Waals surface area contributed by atoms with Crippen molar-refractivity contribution in [2.75, 3.05) is 6.54 Å². The van der Waals surface area contributed by atoms with E-state index in [0.29, 0.717) is 6.54 Å². The Morgan fingerprint density at radius 3 is 2.19 bits per heavy atom. The lowest BCUT2D eigenvalue weighted by Crippen LogP contribution is -2.40. The Labute approximate surface area is 105 Å². The van der Waals surface area contributed by atoms with Crippen LogP contribution in [0.25, 0.3) is 0 Å². The summed E-state index contributed by atoms with van der Waals surface area (Å²) in [6.45, 7) is 3.70. The highest BCUT2D eigenvalue weighted by Gasteiger charge is 2.20. The molecule has 90 valence electrons. The zero-order valence-electron chi connectivity index (χ0n) is 8.78. The second kappa shape index (κ2) is 6.65. The summed E-state index contributed by atoms with van der Waals surface area (Å²) >= 11 is 0. The minimum Gasteiger partial charge on any atom is -0.366 e. The second-order valence-corrected chi connectivity index (χ2v) is 3.35. The summed E-state index contributed by atoms with van der Waals surface area (Å²) in [4.78, 5) is 1.51. The number of hydrogen-bond acceptors (Lipinski definition) is 4. The first kappa shape index (κ1) is 15.1. The standard InChI is InChI=1S/C11H15NO3.BrH/c1-2-12(9-11(13,14)15)8-10-6-4-3-5-7-10;/h2-7,13-15H,1,8-9H2;1H. The van der Waals surface area contributed by atoms with Crippen LogP contribution in [0.2, 0.25) is 0 Å². The van der Waals surface area contributed by atoms with Crippen molar-refractivity contribution in [3.05, 3.63) is 48.7 Å². The zero-order chi connectivity index (χ0) is 11.3. The highest BCUT2D eigenvalue weighted by atomic mass is 79.9. The van der Waals surface area contributed by atoms with Gasteiger partial charge in [-0.2, -0.15) is 0 Å². The van der Waals surface area contributed by atoms with Crippen molar-refractivity contribution >= 4 is 17.0 Å². The van der Waals surface area contributed by atoms with Crippen molar-refractivity contribution in [1.29, 1.82) is 0 Å². The van der Waals surface area contributed by atoms with Gasteiger partial charge in [0.15, 0.2) is 0 Å². The van der Waals surface area contributed by atoms with E-state index in [-0.39, 0.29) is 23.5 Å². The molecule has 4 nitrogen and oxygen atoms in total. The van der Waals surface area contributed by atoms with E-state index in [2.05, 4.69) is 6.58 Å². The monoisotopic (exact) mass is 289 g/mol. The Kier molecular flexibility index (Phi) is 6.28. The Morgan fingerprint density at radius 1 is 1.19 bits per heavy atom. The van der Waals surface area contributed by atoms with Crippen LogP contribution in [0, 0.1) is 0 Å². The summed E-state index contributed by atoms with van der Waals surface area (Å²) in [7, 11) is 0. The second-order valence-electron chi connectivity index (χ2n) is 3.35. The first-order valence-corrected chi connectivity index (χ1v) is 4.59. The molecule has 0 saturated heterocycles. The molecule has 0 unspecified atom stereocenters. The van der Waals surface area contributed by atoms with Crippen LogP contribution in [0.3, 0.4) is 0 Å². The summed E-state index contributed by atoms with van der Waals surface area (Å²) in [6, 6.07) is 9.49. The van der Waals surface area contributed by atoms with E-state index in [1.165, 1.54) is 11.1 Å². The van der Waals surface area contributed by atoms with Gasteiger partial charge in [0.05, 0.1) is 6.54 Å². The predicted molar refractivity (Wildman–Crippen MR) is 66.8 cm³/mol. The maximum absolute atomic E-state index is 8.82. The van der Waals surface area contributed by atoms with Crippen molar-refractivity contribution in [3.63, 3.8) is 0 Å². The normalized spacial score (nSPS) is 10.4. The fourth-order valence-corrected chi connectivity index (χ4v) is 1.28. The number of aliphatic hydroxyl groups is 3. The van der Waals surface area contributed by atoms with Gasteiger partial charge in [0, 0.05) is 6.54 Å². The molecule has 1 rings (SSSR count). The van der Waals surface area contributed by atoms with Crippen LogP contribution in [-0.4, -0.2) is 32.7 Å². The van der Waals surface area contributed by atoms with Crippen LogP contribution in [-0.2, 0) is 6.54 Å². The van der Waals surface area contributed by atoms with Gasteiger partial charge in [-0.3, -0.25) is 0 Å². The van der Waals surface area contributed by atoms with Crippen LogP contribution in [0.4, 0.5) is 0 Å². The van der Waals surface area contributed by atoms with Crippen molar-refractivity contribution in [2.24, 2.45) is 0 Å². The maximum Gasteiger partial charge on any atom is 0.293 e. The molecular weight excluding hydrogens is 274 g/mol. The first-order valence-electron chi connectivity index (χ1n) is 4.59. The number of rotatable bonds is 5. The quantitative estimate of drug-likeness (QED) is 0.703. The molecule has 0 radical (unpaired) electrons. The molecule has 0 saturated carbocycles. The van der Waals surface area contributed by atoms with Gasteiger partial charge in [0.25, 0.3) is 5.97 Å². The number of hydrogen-bond donors (Lipinski definition) is 3. The molecule has 5 heteroatoms. The Balaban J connectivity index is 0.00000225. The fourth-order valence-electron chi connectivity index (χ4n) is 1.28. The predicted octanol–water partition coefficient (Wildman–Crippen LogP) is 0.841. The lowest BCUT2D eigenvalue weighted by atomic mass is 10.2. The van der Waals surface area contributed by atoms with E-state index in [1.807, 2.05) is 30.3 Å². The third-order valence-corrected chi connectivity index (χ3v) is 1.90. The lowest BCUT2D eigenvalue weighted by Gasteiger charge is -2.25. The molecule has 0 spiro atoms. The average molecular weight is 290 g/mol. The average Bonchev–Trinajstić information content (AvgIpc) is 2.16.